The number of anilines is 1. The van der Waals surface area contributed by atoms with Gasteiger partial charge in [-0.1, -0.05) is 54.6 Å². The van der Waals surface area contributed by atoms with Gasteiger partial charge in [-0.25, -0.2) is 0 Å². The predicted molar refractivity (Wildman–Crippen MR) is 132 cm³/mol. The maximum absolute atomic E-state index is 12.9. The second-order valence-corrected chi connectivity index (χ2v) is 10.8. The van der Waals surface area contributed by atoms with E-state index in [1.165, 1.54) is 29.5 Å². The van der Waals surface area contributed by atoms with Crippen molar-refractivity contribution < 1.29 is 4.79 Å². The quantitative estimate of drug-likeness (QED) is 0.657. The van der Waals surface area contributed by atoms with Crippen LogP contribution in [0, 0.1) is 17.8 Å². The minimum Gasteiger partial charge on any atom is -0.325 e. The van der Waals surface area contributed by atoms with E-state index in [1.807, 2.05) is 12.1 Å². The summed E-state index contributed by atoms with van der Waals surface area (Å²) in [5, 5.41) is 3.14. The summed E-state index contributed by atoms with van der Waals surface area (Å²) in [6.07, 6.45) is 9.18. The Morgan fingerprint density at radius 1 is 1.06 bits per heavy atom. The Morgan fingerprint density at radius 2 is 1.88 bits per heavy atom. The van der Waals surface area contributed by atoms with Gasteiger partial charge in [0.05, 0.1) is 5.41 Å². The highest BCUT2D eigenvalue weighted by atomic mass is 16.2. The van der Waals surface area contributed by atoms with E-state index >= 15 is 0 Å². The van der Waals surface area contributed by atoms with E-state index < -0.39 is 0 Å². The summed E-state index contributed by atoms with van der Waals surface area (Å²) in [5.41, 5.74) is 11.7. The van der Waals surface area contributed by atoms with Crippen LogP contribution in [0.1, 0.15) is 42.4 Å². The fourth-order valence-electron chi connectivity index (χ4n) is 6.77. The summed E-state index contributed by atoms with van der Waals surface area (Å²) in [5.74, 6) is 1.94. The maximum atomic E-state index is 12.9. The Morgan fingerprint density at radius 3 is 2.70 bits per heavy atom. The lowest BCUT2D eigenvalue weighted by Crippen LogP contribution is -2.37. The van der Waals surface area contributed by atoms with Crippen LogP contribution in [-0.2, 0) is 16.8 Å². The highest BCUT2D eigenvalue weighted by molar-refractivity contribution is 6.08. The average Bonchev–Trinajstić information content (AvgIpc) is 3.35. The molecule has 2 heterocycles. The van der Waals surface area contributed by atoms with Crippen molar-refractivity contribution in [3.05, 3.63) is 71.3 Å². The maximum Gasteiger partial charge on any atom is 0.235 e. The van der Waals surface area contributed by atoms with Gasteiger partial charge in [-0.2, -0.15) is 0 Å². The standard InChI is InChI=1S/C28H34N4O/c1-32(2)17-19-9-7-18(8-10-19)11-14-24-21-13-12-20(15-26(21)31-30-24)23-16-28(23)22-5-3-4-6-25(22)29-27(28)33/h3-11,14,20-21,23-24,26,30-31H,12-13,15-17H2,1-2H3,(H,29,33)/b14-11+/t20?,21?,23-,24?,26?,28+/m1/s1. The summed E-state index contributed by atoms with van der Waals surface area (Å²) >= 11 is 0. The van der Waals surface area contributed by atoms with Gasteiger partial charge in [0.25, 0.3) is 0 Å². The van der Waals surface area contributed by atoms with Gasteiger partial charge in [0.1, 0.15) is 0 Å². The lowest BCUT2D eigenvalue weighted by Gasteiger charge is -2.33. The topological polar surface area (TPSA) is 56.4 Å². The Hall–Kier alpha value is -2.47. The average molecular weight is 443 g/mol. The first kappa shape index (κ1) is 21.1. The van der Waals surface area contributed by atoms with E-state index in [0.717, 1.165) is 25.1 Å². The number of benzene rings is 2. The van der Waals surface area contributed by atoms with Crippen LogP contribution in [0.5, 0.6) is 0 Å². The SMILES string of the molecule is CN(C)Cc1ccc(/C=C/C2NNC3CC([C@H]4C[C@@]45C(=O)Nc4ccccc45)CCC23)cc1. The Labute approximate surface area is 196 Å². The fraction of sp³-hybridized carbons (Fsp3) is 0.464. The molecule has 172 valence electrons. The minimum absolute atomic E-state index is 0.228. The third-order valence-electron chi connectivity index (χ3n) is 8.46. The van der Waals surface area contributed by atoms with Crippen molar-refractivity contribution in [1.82, 2.24) is 15.8 Å². The van der Waals surface area contributed by atoms with Crippen LogP contribution < -0.4 is 16.2 Å². The molecule has 3 N–H and O–H groups in total. The predicted octanol–water partition coefficient (Wildman–Crippen LogP) is 3.93. The number of carbonyl (C=O) groups is 1. The number of nitrogens with zero attached hydrogens (tertiary/aromatic N) is 1. The van der Waals surface area contributed by atoms with Crippen molar-refractivity contribution in [3.63, 3.8) is 0 Å². The normalized spacial score (nSPS) is 34.6. The molecule has 6 rings (SSSR count). The third kappa shape index (κ3) is 3.63. The Bertz CT molecular complexity index is 1080. The molecule has 5 nitrogen and oxygen atoms in total. The first-order valence-corrected chi connectivity index (χ1v) is 12.4. The van der Waals surface area contributed by atoms with Crippen molar-refractivity contribution >= 4 is 17.7 Å². The first-order valence-electron chi connectivity index (χ1n) is 12.4. The molecule has 1 spiro atoms. The summed E-state index contributed by atoms with van der Waals surface area (Å²) < 4.78 is 0. The van der Waals surface area contributed by atoms with Crippen LogP contribution in [0.3, 0.4) is 0 Å². The van der Waals surface area contributed by atoms with E-state index in [0.29, 0.717) is 29.8 Å². The van der Waals surface area contributed by atoms with Crippen molar-refractivity contribution in [2.75, 3.05) is 19.4 Å². The molecule has 1 amide bonds. The zero-order chi connectivity index (χ0) is 22.6. The van der Waals surface area contributed by atoms with E-state index in [2.05, 4.69) is 83.7 Å². The molecule has 2 aliphatic heterocycles. The molecule has 5 heteroatoms. The van der Waals surface area contributed by atoms with Crippen LogP contribution in [0.4, 0.5) is 5.69 Å². The zero-order valence-corrected chi connectivity index (χ0v) is 19.6. The van der Waals surface area contributed by atoms with E-state index in [1.54, 1.807) is 0 Å². The Kier molecular flexibility index (Phi) is 5.17. The van der Waals surface area contributed by atoms with Gasteiger partial charge in [-0.15, -0.1) is 0 Å². The molecule has 0 bridgehead atoms. The second-order valence-electron chi connectivity index (χ2n) is 10.8. The van der Waals surface area contributed by atoms with E-state index in [9.17, 15) is 4.79 Å². The van der Waals surface area contributed by atoms with Gasteiger partial charge < -0.3 is 10.2 Å². The van der Waals surface area contributed by atoms with Gasteiger partial charge in [-0.05, 0) is 80.3 Å². The molecular weight excluding hydrogens is 408 g/mol. The van der Waals surface area contributed by atoms with Gasteiger partial charge in [0.15, 0.2) is 0 Å². The van der Waals surface area contributed by atoms with Gasteiger partial charge >= 0.3 is 0 Å². The molecule has 4 aliphatic rings. The molecule has 0 radical (unpaired) electrons. The summed E-state index contributed by atoms with van der Waals surface area (Å²) in [6, 6.07) is 18.0. The molecule has 2 saturated carbocycles. The van der Waals surface area contributed by atoms with Crippen molar-refractivity contribution in [3.8, 4) is 0 Å². The molecule has 2 aromatic carbocycles. The van der Waals surface area contributed by atoms with Crippen LogP contribution >= 0.6 is 0 Å². The molecular formula is C28H34N4O. The lowest BCUT2D eigenvalue weighted by atomic mass is 9.73. The zero-order valence-electron chi connectivity index (χ0n) is 19.6. The molecule has 33 heavy (non-hydrogen) atoms. The number of amides is 1. The first-order chi connectivity index (χ1) is 16.0. The largest absolute Gasteiger partial charge is 0.325 e. The number of carbonyl (C=O) groups excluding carboxylic acids is 1. The summed E-state index contributed by atoms with van der Waals surface area (Å²) in [4.78, 5) is 15.1. The van der Waals surface area contributed by atoms with E-state index in [-0.39, 0.29) is 11.3 Å². The van der Waals surface area contributed by atoms with Gasteiger partial charge in [0.2, 0.25) is 5.91 Å². The smallest absolute Gasteiger partial charge is 0.235 e. The lowest BCUT2D eigenvalue weighted by molar-refractivity contribution is -0.118. The number of hydrogen-bond donors (Lipinski definition) is 3. The van der Waals surface area contributed by atoms with Crippen LogP contribution in [0.25, 0.3) is 6.08 Å². The summed E-state index contributed by atoms with van der Waals surface area (Å²) in [6.45, 7) is 0.971. The van der Waals surface area contributed by atoms with Gasteiger partial charge in [0, 0.05) is 24.3 Å². The third-order valence-corrected chi connectivity index (χ3v) is 8.46. The highest BCUT2D eigenvalue weighted by Crippen LogP contribution is 2.64. The number of hydrogen-bond acceptors (Lipinski definition) is 4. The number of nitrogens with one attached hydrogen (secondary N) is 3. The minimum atomic E-state index is -0.252. The molecule has 2 aromatic rings. The molecule has 1 saturated heterocycles. The highest BCUT2D eigenvalue weighted by Gasteiger charge is 2.67. The fourth-order valence-corrected chi connectivity index (χ4v) is 6.77. The van der Waals surface area contributed by atoms with Crippen molar-refractivity contribution in [2.45, 2.75) is 49.7 Å². The van der Waals surface area contributed by atoms with Gasteiger partial charge in [-0.3, -0.25) is 15.6 Å². The molecule has 0 aromatic heterocycles. The van der Waals surface area contributed by atoms with Crippen molar-refractivity contribution in [1.29, 1.82) is 0 Å². The number of hydrazine groups is 1. The summed E-state index contributed by atoms with van der Waals surface area (Å²) in [7, 11) is 4.20. The van der Waals surface area contributed by atoms with Crippen molar-refractivity contribution in [2.24, 2.45) is 17.8 Å². The molecule has 3 fully saturated rings. The monoisotopic (exact) mass is 442 g/mol. The van der Waals surface area contributed by atoms with Crippen LogP contribution in [0.15, 0.2) is 54.6 Å². The second kappa shape index (κ2) is 8.08. The molecule has 6 atom stereocenters. The van der Waals surface area contributed by atoms with Crippen LogP contribution in [0.2, 0.25) is 0 Å². The molecule has 2 aliphatic carbocycles. The number of rotatable bonds is 5. The van der Waals surface area contributed by atoms with E-state index in [4.69, 9.17) is 0 Å². The van der Waals surface area contributed by atoms with Crippen LogP contribution in [-0.4, -0.2) is 37.0 Å². The molecule has 4 unspecified atom stereocenters. The number of para-hydroxylation sites is 1. The number of fused-ring (bicyclic) bond motifs is 3. The Balaban J connectivity index is 1.09.